The fraction of sp³-hybridized carbons (Fsp3) is 0.800. The van der Waals surface area contributed by atoms with Crippen LogP contribution in [0, 0.1) is 17.8 Å². The zero-order valence-electron chi connectivity index (χ0n) is 8.65. The maximum absolute atomic E-state index is 5.21. The van der Waals surface area contributed by atoms with Gasteiger partial charge in [-0.05, 0) is 19.5 Å². The average molecular weight is 168 g/mol. The molecule has 0 saturated carbocycles. The fourth-order valence-electron chi connectivity index (χ4n) is 1.48. The summed E-state index contributed by atoms with van der Waals surface area (Å²) in [5.41, 5.74) is 0.292. The molecule has 0 heterocycles. The van der Waals surface area contributed by atoms with E-state index in [-0.39, 0.29) is 0 Å². The summed E-state index contributed by atoms with van der Waals surface area (Å²) >= 11 is 0. The average Bonchev–Trinajstić information content (AvgIpc) is 1.85. The van der Waals surface area contributed by atoms with Gasteiger partial charge in [-0.15, -0.1) is 6.42 Å². The molecule has 0 aliphatic carbocycles. The molecule has 0 saturated heterocycles. The molecular weight excluding hydrogens is 148 g/mol. The van der Waals surface area contributed by atoms with Crippen molar-refractivity contribution in [2.45, 2.75) is 13.8 Å². The molecule has 0 aromatic heterocycles. The van der Waals surface area contributed by atoms with Crippen LogP contribution in [0.4, 0.5) is 0 Å². The lowest BCUT2D eigenvalue weighted by Gasteiger charge is -2.29. The zero-order chi connectivity index (χ0) is 9.61. The van der Waals surface area contributed by atoms with E-state index >= 15 is 0 Å². The second-order valence-electron chi connectivity index (χ2n) is 4.07. The number of hydrogen-bond acceptors (Lipinski definition) is 2. The second kappa shape index (κ2) is 5.18. The van der Waals surface area contributed by atoms with E-state index in [2.05, 4.69) is 37.0 Å². The third-order valence-corrected chi connectivity index (χ3v) is 1.71. The smallest absolute Gasteiger partial charge is 0.0596 e. The van der Waals surface area contributed by atoms with Gasteiger partial charge in [-0.1, -0.05) is 19.8 Å². The van der Waals surface area contributed by atoms with Crippen molar-refractivity contribution in [1.82, 2.24) is 10.2 Å². The highest BCUT2D eigenvalue weighted by atomic mass is 15.1. The van der Waals surface area contributed by atoms with Crippen LogP contribution in [0.5, 0.6) is 0 Å². The normalized spacial score (nSPS) is 11.7. The summed E-state index contributed by atoms with van der Waals surface area (Å²) in [7, 11) is 4.03. The van der Waals surface area contributed by atoms with Crippen molar-refractivity contribution in [3.8, 4) is 12.3 Å². The summed E-state index contributed by atoms with van der Waals surface area (Å²) in [4.78, 5) is 2.16. The van der Waals surface area contributed by atoms with E-state index < -0.39 is 0 Å². The molecule has 12 heavy (non-hydrogen) atoms. The van der Waals surface area contributed by atoms with Crippen LogP contribution < -0.4 is 5.32 Å². The Kier molecular flexibility index (Phi) is 4.96. The van der Waals surface area contributed by atoms with E-state index in [1.807, 2.05) is 7.05 Å². The van der Waals surface area contributed by atoms with Crippen LogP contribution in [0.25, 0.3) is 0 Å². The lowest BCUT2D eigenvalue weighted by molar-refractivity contribution is 0.224. The number of hydrogen-bond donors (Lipinski definition) is 1. The Morgan fingerprint density at radius 3 is 2.50 bits per heavy atom. The van der Waals surface area contributed by atoms with Gasteiger partial charge in [-0.3, -0.25) is 4.90 Å². The zero-order valence-corrected chi connectivity index (χ0v) is 8.65. The van der Waals surface area contributed by atoms with Crippen LogP contribution >= 0.6 is 0 Å². The number of rotatable bonds is 5. The van der Waals surface area contributed by atoms with Gasteiger partial charge in [-0.2, -0.15) is 0 Å². The molecule has 0 spiro atoms. The molecule has 0 bridgehead atoms. The van der Waals surface area contributed by atoms with Gasteiger partial charge >= 0.3 is 0 Å². The van der Waals surface area contributed by atoms with Gasteiger partial charge in [-0.25, -0.2) is 0 Å². The standard InChI is InChI=1S/C10H20N2/c1-6-7-12(5)9-10(2,3)8-11-4/h1,11H,7-9H2,2-5H3. The minimum atomic E-state index is 0.292. The number of nitrogens with zero attached hydrogens (tertiary/aromatic N) is 1. The third-order valence-electron chi connectivity index (χ3n) is 1.71. The fourth-order valence-corrected chi connectivity index (χ4v) is 1.48. The summed E-state index contributed by atoms with van der Waals surface area (Å²) in [6.45, 7) is 7.24. The van der Waals surface area contributed by atoms with Crippen molar-refractivity contribution in [2.75, 3.05) is 33.7 Å². The first-order valence-electron chi connectivity index (χ1n) is 4.28. The summed E-state index contributed by atoms with van der Waals surface area (Å²) in [5.74, 6) is 2.64. The number of nitrogens with one attached hydrogen (secondary N) is 1. The van der Waals surface area contributed by atoms with Crippen LogP contribution in [0.3, 0.4) is 0 Å². The van der Waals surface area contributed by atoms with Crippen molar-refractivity contribution >= 4 is 0 Å². The summed E-state index contributed by atoms with van der Waals surface area (Å²) in [5, 5.41) is 3.18. The molecule has 2 heteroatoms. The molecule has 0 aliphatic rings. The van der Waals surface area contributed by atoms with Crippen LogP contribution in [-0.4, -0.2) is 38.6 Å². The van der Waals surface area contributed by atoms with Crippen molar-refractivity contribution < 1.29 is 0 Å². The maximum atomic E-state index is 5.21. The Bertz CT molecular complexity index is 156. The van der Waals surface area contributed by atoms with E-state index in [0.29, 0.717) is 5.41 Å². The van der Waals surface area contributed by atoms with E-state index in [1.54, 1.807) is 0 Å². The maximum Gasteiger partial charge on any atom is 0.0596 e. The predicted molar refractivity (Wildman–Crippen MR) is 54.0 cm³/mol. The van der Waals surface area contributed by atoms with E-state index in [1.165, 1.54) is 0 Å². The molecule has 0 aromatic rings. The van der Waals surface area contributed by atoms with Crippen LogP contribution in [-0.2, 0) is 0 Å². The molecule has 0 aromatic carbocycles. The SMILES string of the molecule is C#CCN(C)CC(C)(C)CNC. The van der Waals surface area contributed by atoms with E-state index in [0.717, 1.165) is 19.6 Å². The highest BCUT2D eigenvalue weighted by Crippen LogP contribution is 2.14. The largest absolute Gasteiger partial charge is 0.319 e. The van der Waals surface area contributed by atoms with Crippen molar-refractivity contribution in [3.63, 3.8) is 0 Å². The topological polar surface area (TPSA) is 15.3 Å². The molecule has 0 amide bonds. The first-order chi connectivity index (χ1) is 5.52. The molecule has 0 unspecified atom stereocenters. The predicted octanol–water partition coefficient (Wildman–Crippen LogP) is 0.797. The first kappa shape index (κ1) is 11.5. The molecule has 0 aliphatic heterocycles. The van der Waals surface area contributed by atoms with Gasteiger partial charge in [0.25, 0.3) is 0 Å². The lowest BCUT2D eigenvalue weighted by atomic mass is 9.93. The van der Waals surface area contributed by atoms with Gasteiger partial charge in [0.15, 0.2) is 0 Å². The Morgan fingerprint density at radius 2 is 2.08 bits per heavy atom. The molecule has 0 fully saturated rings. The van der Waals surface area contributed by atoms with Gasteiger partial charge in [0.2, 0.25) is 0 Å². The summed E-state index contributed by atoms with van der Waals surface area (Å²) in [6, 6.07) is 0. The van der Waals surface area contributed by atoms with Gasteiger partial charge in [0, 0.05) is 13.1 Å². The first-order valence-corrected chi connectivity index (χ1v) is 4.28. The Hall–Kier alpha value is -0.520. The molecule has 70 valence electrons. The Labute approximate surface area is 76.3 Å². The van der Waals surface area contributed by atoms with Crippen molar-refractivity contribution in [2.24, 2.45) is 5.41 Å². The molecule has 0 rings (SSSR count). The van der Waals surface area contributed by atoms with Crippen LogP contribution in [0.15, 0.2) is 0 Å². The summed E-state index contributed by atoms with van der Waals surface area (Å²) < 4.78 is 0. The van der Waals surface area contributed by atoms with Crippen molar-refractivity contribution in [1.29, 1.82) is 0 Å². The molecule has 0 atom stereocenters. The van der Waals surface area contributed by atoms with E-state index in [9.17, 15) is 0 Å². The van der Waals surface area contributed by atoms with Crippen LogP contribution in [0.2, 0.25) is 0 Å². The highest BCUT2D eigenvalue weighted by molar-refractivity contribution is 4.88. The van der Waals surface area contributed by atoms with Crippen molar-refractivity contribution in [3.05, 3.63) is 0 Å². The quantitative estimate of drug-likeness (QED) is 0.611. The Morgan fingerprint density at radius 1 is 1.50 bits per heavy atom. The molecular formula is C10H20N2. The molecule has 2 nitrogen and oxygen atoms in total. The minimum absolute atomic E-state index is 0.292. The van der Waals surface area contributed by atoms with Gasteiger partial charge in [0.1, 0.15) is 0 Å². The highest BCUT2D eigenvalue weighted by Gasteiger charge is 2.18. The number of terminal acetylenes is 1. The minimum Gasteiger partial charge on any atom is -0.319 e. The monoisotopic (exact) mass is 168 g/mol. The van der Waals surface area contributed by atoms with Gasteiger partial charge in [0.05, 0.1) is 6.54 Å². The van der Waals surface area contributed by atoms with Crippen LogP contribution in [0.1, 0.15) is 13.8 Å². The lowest BCUT2D eigenvalue weighted by Crippen LogP contribution is -2.38. The summed E-state index contributed by atoms with van der Waals surface area (Å²) in [6.07, 6.45) is 5.21. The molecule has 1 N–H and O–H groups in total. The second-order valence-corrected chi connectivity index (χ2v) is 4.07. The Balaban J connectivity index is 3.80. The third kappa shape index (κ3) is 5.17. The molecule has 0 radical (unpaired) electrons. The van der Waals surface area contributed by atoms with E-state index in [4.69, 9.17) is 6.42 Å². The van der Waals surface area contributed by atoms with Gasteiger partial charge < -0.3 is 5.32 Å².